The van der Waals surface area contributed by atoms with E-state index in [0.717, 1.165) is 11.3 Å². The molecule has 3 heteroatoms. The van der Waals surface area contributed by atoms with Crippen LogP contribution in [-0.2, 0) is 13.1 Å². The Labute approximate surface area is 101 Å². The van der Waals surface area contributed by atoms with Gasteiger partial charge in [0.2, 0.25) is 0 Å². The third-order valence-corrected chi connectivity index (χ3v) is 2.43. The maximum absolute atomic E-state index is 5.60. The Hall–Kier alpha value is -2.16. The molecule has 0 fully saturated rings. The number of nitrogen functional groups attached to an aromatic ring is 1. The van der Waals surface area contributed by atoms with E-state index >= 15 is 0 Å². The molecule has 2 aromatic carbocycles. The third-order valence-electron chi connectivity index (χ3n) is 2.43. The number of azo groups is 1. The van der Waals surface area contributed by atoms with Crippen LogP contribution in [0, 0.1) is 0 Å². The van der Waals surface area contributed by atoms with Gasteiger partial charge >= 0.3 is 0 Å². The summed E-state index contributed by atoms with van der Waals surface area (Å²) in [4.78, 5) is 0. The molecule has 86 valence electrons. The van der Waals surface area contributed by atoms with Gasteiger partial charge in [-0.3, -0.25) is 0 Å². The van der Waals surface area contributed by atoms with E-state index in [9.17, 15) is 0 Å². The van der Waals surface area contributed by atoms with Gasteiger partial charge in [0.25, 0.3) is 0 Å². The second-order valence-corrected chi connectivity index (χ2v) is 3.83. The molecule has 2 rings (SSSR count). The Morgan fingerprint density at radius 3 is 1.82 bits per heavy atom. The summed E-state index contributed by atoms with van der Waals surface area (Å²) in [5.74, 6) is 0. The molecule has 0 saturated carbocycles. The zero-order valence-electron chi connectivity index (χ0n) is 9.58. The highest BCUT2D eigenvalue weighted by atomic mass is 15.1. The summed E-state index contributed by atoms with van der Waals surface area (Å²) < 4.78 is 0. The van der Waals surface area contributed by atoms with Crippen LogP contribution in [0.5, 0.6) is 0 Å². The van der Waals surface area contributed by atoms with Gasteiger partial charge in [0.05, 0.1) is 13.1 Å². The molecule has 0 radical (unpaired) electrons. The molecule has 0 aliphatic rings. The minimum atomic E-state index is 0.604. The van der Waals surface area contributed by atoms with Crippen LogP contribution in [0.15, 0.2) is 64.8 Å². The lowest BCUT2D eigenvalue weighted by atomic mass is 10.2. The van der Waals surface area contributed by atoms with Crippen molar-refractivity contribution < 1.29 is 0 Å². The summed E-state index contributed by atoms with van der Waals surface area (Å²) in [5.41, 5.74) is 8.67. The Morgan fingerprint density at radius 2 is 1.24 bits per heavy atom. The predicted octanol–water partition coefficient (Wildman–Crippen LogP) is 3.42. The first-order valence-electron chi connectivity index (χ1n) is 5.56. The summed E-state index contributed by atoms with van der Waals surface area (Å²) in [7, 11) is 0. The Balaban J connectivity index is 1.84. The van der Waals surface area contributed by atoms with Crippen molar-refractivity contribution in [3.8, 4) is 0 Å². The molecule has 0 amide bonds. The Morgan fingerprint density at radius 1 is 0.706 bits per heavy atom. The van der Waals surface area contributed by atoms with Crippen LogP contribution < -0.4 is 5.73 Å². The fraction of sp³-hybridized carbons (Fsp3) is 0.143. The number of nitrogens with zero attached hydrogens (tertiary/aromatic N) is 2. The topological polar surface area (TPSA) is 50.7 Å². The minimum Gasteiger partial charge on any atom is -0.399 e. The molecule has 17 heavy (non-hydrogen) atoms. The molecule has 0 spiro atoms. The second-order valence-electron chi connectivity index (χ2n) is 3.83. The SMILES string of the molecule is Nc1ccc(CN=NCc2ccccc2)cc1. The van der Waals surface area contributed by atoms with Gasteiger partial charge in [-0.25, -0.2) is 0 Å². The minimum absolute atomic E-state index is 0.604. The number of nitrogens with two attached hydrogens (primary N) is 1. The van der Waals surface area contributed by atoms with Crippen LogP contribution in [-0.4, -0.2) is 0 Å². The van der Waals surface area contributed by atoms with Gasteiger partial charge in [0, 0.05) is 5.69 Å². The fourth-order valence-electron chi connectivity index (χ4n) is 1.47. The van der Waals surface area contributed by atoms with Crippen molar-refractivity contribution in [2.45, 2.75) is 13.1 Å². The van der Waals surface area contributed by atoms with Gasteiger partial charge in [-0.1, -0.05) is 42.5 Å². The van der Waals surface area contributed by atoms with Gasteiger partial charge in [-0.05, 0) is 23.3 Å². The summed E-state index contributed by atoms with van der Waals surface area (Å²) in [6, 6.07) is 17.8. The van der Waals surface area contributed by atoms with E-state index in [1.54, 1.807) is 0 Å². The van der Waals surface area contributed by atoms with Crippen molar-refractivity contribution in [3.05, 3.63) is 65.7 Å². The molecule has 0 bridgehead atoms. The van der Waals surface area contributed by atoms with Crippen LogP contribution in [0.2, 0.25) is 0 Å². The largest absolute Gasteiger partial charge is 0.399 e. The normalized spacial score (nSPS) is 10.8. The Bertz CT molecular complexity index is 475. The average Bonchev–Trinajstić information content (AvgIpc) is 2.38. The molecule has 0 aliphatic carbocycles. The molecule has 2 N–H and O–H groups in total. The van der Waals surface area contributed by atoms with E-state index in [1.165, 1.54) is 5.56 Å². The molecule has 3 nitrogen and oxygen atoms in total. The van der Waals surface area contributed by atoms with Gasteiger partial charge in [-0.15, -0.1) is 0 Å². The first kappa shape index (κ1) is 11.3. The van der Waals surface area contributed by atoms with Gasteiger partial charge in [0.1, 0.15) is 0 Å². The quantitative estimate of drug-likeness (QED) is 0.629. The van der Waals surface area contributed by atoms with Crippen molar-refractivity contribution in [2.24, 2.45) is 10.2 Å². The summed E-state index contributed by atoms with van der Waals surface area (Å²) in [6.45, 7) is 1.24. The number of anilines is 1. The first-order chi connectivity index (χ1) is 8.34. The van der Waals surface area contributed by atoms with Crippen LogP contribution in [0.4, 0.5) is 5.69 Å². The number of hydrogen-bond acceptors (Lipinski definition) is 3. The highest BCUT2D eigenvalue weighted by Crippen LogP contribution is 2.07. The van der Waals surface area contributed by atoms with E-state index in [2.05, 4.69) is 10.2 Å². The highest BCUT2D eigenvalue weighted by Gasteiger charge is 1.91. The predicted molar refractivity (Wildman–Crippen MR) is 69.6 cm³/mol. The van der Waals surface area contributed by atoms with Crippen molar-refractivity contribution in [1.29, 1.82) is 0 Å². The fourth-order valence-corrected chi connectivity index (χ4v) is 1.47. The lowest BCUT2D eigenvalue weighted by molar-refractivity contribution is 0.851. The lowest BCUT2D eigenvalue weighted by Gasteiger charge is -1.97. The van der Waals surface area contributed by atoms with E-state index in [4.69, 9.17) is 5.73 Å². The first-order valence-corrected chi connectivity index (χ1v) is 5.56. The standard InChI is InChI=1S/C14H15N3/c15-14-8-6-13(7-9-14)11-17-16-10-12-4-2-1-3-5-12/h1-9H,10-11,15H2. The van der Waals surface area contributed by atoms with Gasteiger partial charge in [-0.2, -0.15) is 10.2 Å². The second kappa shape index (κ2) is 5.80. The van der Waals surface area contributed by atoms with Crippen LogP contribution in [0.1, 0.15) is 11.1 Å². The van der Waals surface area contributed by atoms with Crippen LogP contribution in [0.25, 0.3) is 0 Å². The highest BCUT2D eigenvalue weighted by molar-refractivity contribution is 5.39. The lowest BCUT2D eigenvalue weighted by Crippen LogP contribution is -1.85. The summed E-state index contributed by atoms with van der Waals surface area (Å²) in [5, 5.41) is 8.30. The maximum atomic E-state index is 5.60. The number of benzene rings is 2. The van der Waals surface area contributed by atoms with E-state index < -0.39 is 0 Å². The van der Waals surface area contributed by atoms with Crippen molar-refractivity contribution >= 4 is 5.69 Å². The molecule has 0 saturated heterocycles. The smallest absolute Gasteiger partial charge is 0.0849 e. The van der Waals surface area contributed by atoms with Crippen molar-refractivity contribution in [1.82, 2.24) is 0 Å². The maximum Gasteiger partial charge on any atom is 0.0849 e. The van der Waals surface area contributed by atoms with Gasteiger partial charge < -0.3 is 5.73 Å². The zero-order valence-corrected chi connectivity index (χ0v) is 9.58. The molecule has 0 aromatic heterocycles. The molecule has 0 heterocycles. The average molecular weight is 225 g/mol. The van der Waals surface area contributed by atoms with E-state index in [-0.39, 0.29) is 0 Å². The van der Waals surface area contributed by atoms with Crippen molar-refractivity contribution in [2.75, 3.05) is 5.73 Å². The third kappa shape index (κ3) is 3.72. The van der Waals surface area contributed by atoms with E-state index in [1.807, 2.05) is 54.6 Å². The van der Waals surface area contributed by atoms with E-state index in [0.29, 0.717) is 13.1 Å². The number of rotatable bonds is 4. The summed E-state index contributed by atoms with van der Waals surface area (Å²) in [6.07, 6.45) is 0. The van der Waals surface area contributed by atoms with Crippen LogP contribution >= 0.6 is 0 Å². The molecular weight excluding hydrogens is 210 g/mol. The number of hydrogen-bond donors (Lipinski definition) is 1. The molecular formula is C14H15N3. The van der Waals surface area contributed by atoms with Crippen molar-refractivity contribution in [3.63, 3.8) is 0 Å². The monoisotopic (exact) mass is 225 g/mol. The molecule has 0 atom stereocenters. The summed E-state index contributed by atoms with van der Waals surface area (Å²) >= 11 is 0. The zero-order chi connectivity index (χ0) is 11.9. The molecule has 2 aromatic rings. The van der Waals surface area contributed by atoms with Crippen LogP contribution in [0.3, 0.4) is 0 Å². The van der Waals surface area contributed by atoms with Gasteiger partial charge in [0.15, 0.2) is 0 Å². The molecule has 0 unspecified atom stereocenters. The molecule has 0 aliphatic heterocycles. The Kier molecular flexibility index (Phi) is 3.86.